The zero-order chi connectivity index (χ0) is 14.8. The van der Waals surface area contributed by atoms with Crippen molar-refractivity contribution in [2.75, 3.05) is 6.54 Å². The molecular weight excluding hydrogens is 302 g/mol. The Bertz CT molecular complexity index is 746. The van der Waals surface area contributed by atoms with Gasteiger partial charge in [-0.3, -0.25) is 0 Å². The Labute approximate surface area is 133 Å². The van der Waals surface area contributed by atoms with E-state index in [1.807, 2.05) is 18.2 Å². The third-order valence-corrected chi connectivity index (χ3v) is 4.86. The molecule has 4 heteroatoms. The van der Waals surface area contributed by atoms with Crippen molar-refractivity contribution < 1.29 is 4.42 Å². The summed E-state index contributed by atoms with van der Waals surface area (Å²) in [6.45, 7) is 5.27. The van der Waals surface area contributed by atoms with E-state index in [9.17, 15) is 0 Å². The lowest BCUT2D eigenvalue weighted by molar-refractivity contribution is 0.472. The summed E-state index contributed by atoms with van der Waals surface area (Å²) in [5.41, 5.74) is 2.18. The zero-order valence-corrected chi connectivity index (χ0v) is 13.7. The van der Waals surface area contributed by atoms with Crippen LogP contribution >= 0.6 is 22.9 Å². The molecule has 0 aliphatic rings. The molecule has 0 saturated heterocycles. The third kappa shape index (κ3) is 3.00. The van der Waals surface area contributed by atoms with Crippen molar-refractivity contribution in [1.82, 2.24) is 5.32 Å². The fourth-order valence-corrected chi connectivity index (χ4v) is 3.66. The Kier molecular flexibility index (Phi) is 4.34. The molecule has 21 heavy (non-hydrogen) atoms. The van der Waals surface area contributed by atoms with Crippen molar-refractivity contribution in [2.45, 2.75) is 26.3 Å². The first-order chi connectivity index (χ1) is 10.2. The van der Waals surface area contributed by atoms with Gasteiger partial charge in [0.25, 0.3) is 0 Å². The molecule has 1 unspecified atom stereocenters. The van der Waals surface area contributed by atoms with Crippen LogP contribution in [-0.4, -0.2) is 6.54 Å². The number of halogens is 1. The summed E-state index contributed by atoms with van der Waals surface area (Å²) in [6.07, 6.45) is 1.09. The van der Waals surface area contributed by atoms with Crippen LogP contribution in [0.4, 0.5) is 0 Å². The van der Waals surface area contributed by atoms with Crippen LogP contribution in [0.25, 0.3) is 11.0 Å². The maximum absolute atomic E-state index is 6.06. The lowest BCUT2D eigenvalue weighted by Gasteiger charge is -2.15. The van der Waals surface area contributed by atoms with Gasteiger partial charge in [0.2, 0.25) is 0 Å². The van der Waals surface area contributed by atoms with Crippen LogP contribution in [0.15, 0.2) is 40.1 Å². The topological polar surface area (TPSA) is 25.2 Å². The first-order valence-electron chi connectivity index (χ1n) is 7.15. The maximum atomic E-state index is 6.06. The predicted octanol–water partition coefficient (Wildman–Crippen LogP) is 5.55. The van der Waals surface area contributed by atoms with Crippen molar-refractivity contribution >= 4 is 33.9 Å². The molecular formula is C17H18ClNOS. The molecule has 3 aromatic rings. The Balaban J connectivity index is 2.03. The summed E-state index contributed by atoms with van der Waals surface area (Å²) >= 11 is 7.83. The van der Waals surface area contributed by atoms with E-state index in [1.54, 1.807) is 11.3 Å². The van der Waals surface area contributed by atoms with Crippen LogP contribution in [0.3, 0.4) is 0 Å². The number of furan rings is 1. The smallest absolute Gasteiger partial charge is 0.134 e. The number of nitrogens with one attached hydrogen (secondary N) is 1. The minimum Gasteiger partial charge on any atom is -0.459 e. The average molecular weight is 320 g/mol. The molecule has 0 aliphatic carbocycles. The van der Waals surface area contributed by atoms with Gasteiger partial charge in [-0.05, 0) is 61.2 Å². The molecule has 0 aliphatic heterocycles. The largest absolute Gasteiger partial charge is 0.459 e. The van der Waals surface area contributed by atoms with Gasteiger partial charge in [0.1, 0.15) is 17.4 Å². The number of hydrogen-bond acceptors (Lipinski definition) is 3. The van der Waals surface area contributed by atoms with E-state index in [2.05, 4.69) is 36.7 Å². The normalized spacial score (nSPS) is 12.9. The Morgan fingerprint density at radius 3 is 2.86 bits per heavy atom. The number of thiophene rings is 1. The highest BCUT2D eigenvalue weighted by Gasteiger charge is 2.20. The van der Waals surface area contributed by atoms with Gasteiger partial charge >= 0.3 is 0 Å². The van der Waals surface area contributed by atoms with Gasteiger partial charge in [-0.25, -0.2) is 0 Å². The molecule has 0 radical (unpaired) electrons. The van der Waals surface area contributed by atoms with Gasteiger partial charge in [0.15, 0.2) is 0 Å². The Morgan fingerprint density at radius 1 is 1.29 bits per heavy atom. The molecule has 2 heterocycles. The molecule has 0 bridgehead atoms. The molecule has 1 N–H and O–H groups in total. The monoisotopic (exact) mass is 319 g/mol. The second kappa shape index (κ2) is 6.22. The van der Waals surface area contributed by atoms with E-state index in [4.69, 9.17) is 16.0 Å². The minimum absolute atomic E-state index is 0.108. The Hall–Kier alpha value is -1.29. The quantitative estimate of drug-likeness (QED) is 0.667. The van der Waals surface area contributed by atoms with Crippen molar-refractivity contribution in [3.8, 4) is 0 Å². The molecule has 1 atom stereocenters. The summed E-state index contributed by atoms with van der Waals surface area (Å²) in [7, 11) is 0. The van der Waals surface area contributed by atoms with Gasteiger partial charge in [0, 0.05) is 15.3 Å². The number of hydrogen-bond donors (Lipinski definition) is 1. The predicted molar refractivity (Wildman–Crippen MR) is 90.4 cm³/mol. The molecule has 110 valence electrons. The molecule has 3 rings (SSSR count). The highest BCUT2D eigenvalue weighted by Crippen LogP contribution is 2.33. The second-order valence-corrected chi connectivity index (χ2v) is 6.57. The van der Waals surface area contributed by atoms with Crippen LogP contribution in [0.1, 0.15) is 35.6 Å². The molecule has 0 spiro atoms. The first-order valence-corrected chi connectivity index (χ1v) is 8.41. The second-order valence-electron chi connectivity index (χ2n) is 5.19. The van der Waals surface area contributed by atoms with Crippen LogP contribution in [0.5, 0.6) is 0 Å². The van der Waals surface area contributed by atoms with Crippen LogP contribution in [0.2, 0.25) is 5.02 Å². The van der Waals surface area contributed by atoms with E-state index < -0.39 is 0 Å². The Morgan fingerprint density at radius 2 is 2.14 bits per heavy atom. The van der Waals surface area contributed by atoms with E-state index in [0.29, 0.717) is 0 Å². The zero-order valence-electron chi connectivity index (χ0n) is 12.2. The van der Waals surface area contributed by atoms with E-state index in [1.165, 1.54) is 10.4 Å². The van der Waals surface area contributed by atoms with Crippen LogP contribution in [0, 0.1) is 6.92 Å². The van der Waals surface area contributed by atoms with E-state index in [0.717, 1.165) is 34.7 Å². The number of rotatable bonds is 5. The fraction of sp³-hybridized carbons (Fsp3) is 0.294. The highest BCUT2D eigenvalue weighted by atomic mass is 35.5. The lowest BCUT2D eigenvalue weighted by Crippen LogP contribution is -2.22. The van der Waals surface area contributed by atoms with E-state index in [-0.39, 0.29) is 6.04 Å². The number of fused-ring (bicyclic) bond motifs is 1. The summed E-state index contributed by atoms with van der Waals surface area (Å²) in [5.74, 6) is 0.950. The van der Waals surface area contributed by atoms with Crippen LogP contribution in [-0.2, 0) is 0 Å². The van der Waals surface area contributed by atoms with Gasteiger partial charge in [-0.2, -0.15) is 0 Å². The van der Waals surface area contributed by atoms with E-state index >= 15 is 0 Å². The van der Waals surface area contributed by atoms with Gasteiger partial charge in [-0.15, -0.1) is 11.3 Å². The highest BCUT2D eigenvalue weighted by molar-refractivity contribution is 7.10. The summed E-state index contributed by atoms with van der Waals surface area (Å²) < 4.78 is 6.05. The van der Waals surface area contributed by atoms with Gasteiger partial charge < -0.3 is 9.73 Å². The first kappa shape index (κ1) is 14.6. The molecule has 0 saturated carbocycles. The van der Waals surface area contributed by atoms with Gasteiger partial charge in [-0.1, -0.05) is 18.5 Å². The standard InChI is InChI=1S/C17H18ClNOS/c1-3-7-19-16(17-11(2)6-8-21-17)15-10-12-9-13(18)4-5-14(12)20-15/h4-6,8-10,16,19H,3,7H2,1-2H3. The number of aryl methyl sites for hydroxylation is 1. The molecule has 2 aromatic heterocycles. The molecule has 1 aromatic carbocycles. The molecule has 2 nitrogen and oxygen atoms in total. The van der Waals surface area contributed by atoms with Gasteiger partial charge in [0.05, 0.1) is 0 Å². The minimum atomic E-state index is 0.108. The van der Waals surface area contributed by atoms with Crippen molar-refractivity contribution in [3.05, 3.63) is 56.9 Å². The third-order valence-electron chi connectivity index (χ3n) is 3.54. The maximum Gasteiger partial charge on any atom is 0.134 e. The van der Waals surface area contributed by atoms with Crippen LogP contribution < -0.4 is 5.32 Å². The van der Waals surface area contributed by atoms with Crippen molar-refractivity contribution in [1.29, 1.82) is 0 Å². The van der Waals surface area contributed by atoms with Crippen molar-refractivity contribution in [2.24, 2.45) is 0 Å². The average Bonchev–Trinajstić information content (AvgIpc) is 3.06. The summed E-state index contributed by atoms with van der Waals surface area (Å²) in [6, 6.07) is 10.1. The SMILES string of the molecule is CCCNC(c1cc2cc(Cl)ccc2o1)c1sccc1C. The summed E-state index contributed by atoms with van der Waals surface area (Å²) in [5, 5.41) is 7.51. The molecule has 0 amide bonds. The lowest BCUT2D eigenvalue weighted by atomic mass is 10.1. The van der Waals surface area contributed by atoms with Crippen molar-refractivity contribution in [3.63, 3.8) is 0 Å². The fourth-order valence-electron chi connectivity index (χ4n) is 2.47. The summed E-state index contributed by atoms with van der Waals surface area (Å²) in [4.78, 5) is 1.31. The molecule has 0 fully saturated rings. The number of benzene rings is 1.